The number of rotatable bonds is 8. The number of nitrogens with one attached hydrogen (secondary N) is 2. The molecule has 0 saturated heterocycles. The largest absolute Gasteiger partial charge is 0.462 e. The zero-order chi connectivity index (χ0) is 19.9. The van der Waals surface area contributed by atoms with Crippen LogP contribution in [0.4, 0.5) is 10.6 Å². The number of carbonyl (C=O) groups excluding carboxylic acids is 2. The van der Waals surface area contributed by atoms with E-state index in [0.717, 1.165) is 12.6 Å². The molecule has 0 saturated carbocycles. The molecule has 0 aliphatic heterocycles. The Bertz CT molecular complexity index is 882. The second-order valence-corrected chi connectivity index (χ2v) is 7.10. The van der Waals surface area contributed by atoms with Crippen LogP contribution in [0.5, 0.6) is 0 Å². The zero-order valence-electron chi connectivity index (χ0n) is 15.0. The summed E-state index contributed by atoms with van der Waals surface area (Å²) in [6.45, 7) is 3.88. The van der Waals surface area contributed by atoms with Gasteiger partial charge < -0.3 is 10.1 Å². The topological polar surface area (TPSA) is 134 Å². The maximum atomic E-state index is 13.1. The quantitative estimate of drug-likeness (QED) is 0.513. The number of ether oxygens (including phenoxy) is 1. The standard InChI is InChI=1S/C16H21N5O5S/c1-3-5-9-18-16(23)21(13-8-6-7-10-17-13)27(24,25)14-12(11-19-20-14)15(22)26-4-2/h6-8,10-11H,3-5,9H2,1-2H3,(H,18,23)(H,19,20). The third kappa shape index (κ3) is 4.61. The highest BCUT2D eigenvalue weighted by Crippen LogP contribution is 2.23. The molecule has 0 spiro atoms. The van der Waals surface area contributed by atoms with Crippen LogP contribution < -0.4 is 9.62 Å². The first-order valence-electron chi connectivity index (χ1n) is 8.38. The lowest BCUT2D eigenvalue weighted by Gasteiger charge is -2.21. The number of aromatic nitrogens is 3. The summed E-state index contributed by atoms with van der Waals surface area (Å²) in [4.78, 5) is 28.6. The molecule has 0 atom stereocenters. The predicted octanol–water partition coefficient (Wildman–Crippen LogP) is 1.69. The molecular weight excluding hydrogens is 374 g/mol. The number of aromatic amines is 1. The van der Waals surface area contributed by atoms with Crippen molar-refractivity contribution >= 4 is 27.8 Å². The molecule has 2 rings (SSSR count). The number of hydrogen-bond donors (Lipinski definition) is 2. The molecular formula is C16H21N5O5S. The minimum absolute atomic E-state index is 0.0605. The number of hydrogen-bond acceptors (Lipinski definition) is 7. The number of amides is 2. The van der Waals surface area contributed by atoms with Crippen LogP contribution in [0.15, 0.2) is 35.6 Å². The molecule has 0 fully saturated rings. The fourth-order valence-corrected chi connectivity index (χ4v) is 3.57. The molecule has 0 bridgehead atoms. The van der Waals surface area contributed by atoms with Crippen molar-refractivity contribution in [2.45, 2.75) is 31.7 Å². The minimum atomic E-state index is -4.50. The predicted molar refractivity (Wildman–Crippen MR) is 96.8 cm³/mol. The van der Waals surface area contributed by atoms with Gasteiger partial charge in [0.05, 0.1) is 12.8 Å². The Balaban J connectivity index is 2.47. The normalized spacial score (nSPS) is 11.0. The minimum Gasteiger partial charge on any atom is -0.462 e. The fourth-order valence-electron chi connectivity index (χ4n) is 2.17. The van der Waals surface area contributed by atoms with E-state index >= 15 is 0 Å². The molecule has 2 aromatic heterocycles. The number of carbonyl (C=O) groups is 2. The number of urea groups is 1. The van der Waals surface area contributed by atoms with Gasteiger partial charge in [0, 0.05) is 12.7 Å². The van der Waals surface area contributed by atoms with Crippen LogP contribution in [0.1, 0.15) is 37.0 Å². The molecule has 0 aromatic carbocycles. The maximum absolute atomic E-state index is 13.1. The molecule has 0 aliphatic carbocycles. The molecule has 146 valence electrons. The van der Waals surface area contributed by atoms with E-state index in [0.29, 0.717) is 17.3 Å². The third-order valence-electron chi connectivity index (χ3n) is 3.45. The van der Waals surface area contributed by atoms with Gasteiger partial charge in [-0.1, -0.05) is 19.4 Å². The van der Waals surface area contributed by atoms with E-state index in [-0.39, 0.29) is 18.0 Å². The highest BCUT2D eigenvalue weighted by molar-refractivity contribution is 7.93. The molecule has 2 N–H and O–H groups in total. The number of anilines is 1. The van der Waals surface area contributed by atoms with Crippen molar-refractivity contribution in [3.8, 4) is 0 Å². The van der Waals surface area contributed by atoms with E-state index in [4.69, 9.17) is 4.74 Å². The first-order chi connectivity index (χ1) is 12.9. The van der Waals surface area contributed by atoms with Crippen LogP contribution in [0.3, 0.4) is 0 Å². The van der Waals surface area contributed by atoms with Gasteiger partial charge in [0.25, 0.3) is 10.0 Å². The van der Waals surface area contributed by atoms with Crippen molar-refractivity contribution < 1.29 is 22.7 Å². The zero-order valence-corrected chi connectivity index (χ0v) is 15.8. The molecule has 2 heterocycles. The van der Waals surface area contributed by atoms with E-state index < -0.39 is 27.0 Å². The highest BCUT2D eigenvalue weighted by Gasteiger charge is 2.36. The van der Waals surface area contributed by atoms with Gasteiger partial charge in [0.15, 0.2) is 10.8 Å². The van der Waals surface area contributed by atoms with Crippen LogP contribution in [-0.2, 0) is 14.8 Å². The number of pyridine rings is 1. The Labute approximate surface area is 157 Å². The maximum Gasteiger partial charge on any atom is 0.342 e. The first kappa shape index (κ1) is 20.4. The molecule has 0 unspecified atom stereocenters. The van der Waals surface area contributed by atoms with E-state index in [9.17, 15) is 18.0 Å². The molecule has 2 amide bonds. The SMILES string of the molecule is CCCCNC(=O)N(c1ccccn1)S(=O)(=O)c1[nH]ncc1C(=O)OCC. The van der Waals surface area contributed by atoms with Crippen molar-refractivity contribution in [2.75, 3.05) is 17.5 Å². The summed E-state index contributed by atoms with van der Waals surface area (Å²) >= 11 is 0. The van der Waals surface area contributed by atoms with Crippen LogP contribution in [-0.4, -0.2) is 48.8 Å². The Kier molecular flexibility index (Phi) is 6.88. The van der Waals surface area contributed by atoms with Gasteiger partial charge in [-0.25, -0.2) is 14.6 Å². The van der Waals surface area contributed by atoms with Gasteiger partial charge >= 0.3 is 12.0 Å². The van der Waals surface area contributed by atoms with Crippen molar-refractivity contribution in [2.24, 2.45) is 0 Å². The van der Waals surface area contributed by atoms with Crippen LogP contribution in [0.2, 0.25) is 0 Å². The van der Waals surface area contributed by atoms with Crippen LogP contribution in [0.25, 0.3) is 0 Å². The third-order valence-corrected chi connectivity index (χ3v) is 5.11. The van der Waals surface area contributed by atoms with E-state index in [1.54, 1.807) is 19.1 Å². The molecule has 10 nitrogen and oxygen atoms in total. The Morgan fingerprint density at radius 1 is 1.30 bits per heavy atom. The molecule has 0 aliphatic rings. The first-order valence-corrected chi connectivity index (χ1v) is 9.82. The van der Waals surface area contributed by atoms with E-state index in [2.05, 4.69) is 20.5 Å². The van der Waals surface area contributed by atoms with E-state index in [1.165, 1.54) is 12.3 Å². The summed E-state index contributed by atoms with van der Waals surface area (Å²) in [6.07, 6.45) is 3.90. The van der Waals surface area contributed by atoms with Crippen LogP contribution in [0, 0.1) is 0 Å². The summed E-state index contributed by atoms with van der Waals surface area (Å²) in [7, 11) is -4.50. The molecule has 0 radical (unpaired) electrons. The number of unbranched alkanes of at least 4 members (excludes halogenated alkanes) is 1. The monoisotopic (exact) mass is 395 g/mol. The number of esters is 1. The number of nitrogens with zero attached hydrogens (tertiary/aromatic N) is 3. The summed E-state index contributed by atoms with van der Waals surface area (Å²) in [5.74, 6) is -0.979. The lowest BCUT2D eigenvalue weighted by molar-refractivity contribution is 0.0522. The Morgan fingerprint density at radius 3 is 2.70 bits per heavy atom. The van der Waals surface area contributed by atoms with Gasteiger partial charge in [-0.15, -0.1) is 0 Å². The highest BCUT2D eigenvalue weighted by atomic mass is 32.2. The fraction of sp³-hybridized carbons (Fsp3) is 0.375. The lowest BCUT2D eigenvalue weighted by atomic mass is 10.3. The Morgan fingerprint density at radius 2 is 2.07 bits per heavy atom. The van der Waals surface area contributed by atoms with Crippen molar-refractivity contribution in [1.29, 1.82) is 0 Å². The van der Waals surface area contributed by atoms with Gasteiger partial charge in [-0.3, -0.25) is 5.10 Å². The van der Waals surface area contributed by atoms with Gasteiger partial charge in [-0.2, -0.15) is 17.8 Å². The smallest absolute Gasteiger partial charge is 0.342 e. The van der Waals surface area contributed by atoms with Crippen molar-refractivity contribution in [3.63, 3.8) is 0 Å². The summed E-state index contributed by atoms with van der Waals surface area (Å²) in [5.41, 5.74) is -0.292. The molecule has 11 heteroatoms. The van der Waals surface area contributed by atoms with Gasteiger partial charge in [0.1, 0.15) is 5.56 Å². The van der Waals surface area contributed by atoms with Gasteiger partial charge in [-0.05, 0) is 25.5 Å². The number of H-pyrrole nitrogens is 1. The molecule has 27 heavy (non-hydrogen) atoms. The summed E-state index contributed by atoms with van der Waals surface area (Å²) in [6, 6.07) is 3.62. The summed E-state index contributed by atoms with van der Waals surface area (Å²) in [5, 5.41) is 7.89. The number of sulfonamides is 1. The summed E-state index contributed by atoms with van der Waals surface area (Å²) < 4.78 is 31.6. The average molecular weight is 395 g/mol. The molecule has 2 aromatic rings. The average Bonchev–Trinajstić information content (AvgIpc) is 3.14. The van der Waals surface area contributed by atoms with Crippen molar-refractivity contribution in [1.82, 2.24) is 20.5 Å². The Hall–Kier alpha value is -2.95. The van der Waals surface area contributed by atoms with E-state index in [1.807, 2.05) is 6.92 Å². The lowest BCUT2D eigenvalue weighted by Crippen LogP contribution is -2.45. The second kappa shape index (κ2) is 9.12. The van der Waals surface area contributed by atoms with Gasteiger partial charge in [0.2, 0.25) is 0 Å². The van der Waals surface area contributed by atoms with Crippen molar-refractivity contribution in [3.05, 3.63) is 36.2 Å². The second-order valence-electron chi connectivity index (χ2n) is 5.38. The van der Waals surface area contributed by atoms with Crippen LogP contribution >= 0.6 is 0 Å².